The molecule has 3 heteroatoms. The lowest BCUT2D eigenvalue weighted by atomic mass is 10.0. The summed E-state index contributed by atoms with van der Waals surface area (Å²) in [5.41, 5.74) is 1.92. The van der Waals surface area contributed by atoms with E-state index in [1.165, 1.54) is 18.4 Å². The van der Waals surface area contributed by atoms with E-state index in [1.807, 2.05) is 24.3 Å². The van der Waals surface area contributed by atoms with Crippen LogP contribution >= 0.6 is 0 Å². The third-order valence-corrected chi connectivity index (χ3v) is 4.28. The van der Waals surface area contributed by atoms with Crippen molar-refractivity contribution in [2.75, 3.05) is 6.54 Å². The minimum Gasteiger partial charge on any atom is -0.391 e. The van der Waals surface area contributed by atoms with Crippen LogP contribution in [-0.4, -0.2) is 23.7 Å². The zero-order valence-corrected chi connectivity index (χ0v) is 13.1. The van der Waals surface area contributed by atoms with Crippen molar-refractivity contribution in [3.05, 3.63) is 35.4 Å². The molecule has 1 atom stereocenters. The molecular weight excluding hydrogens is 262 g/mol. The number of rotatable bonds is 6. The normalized spacial score (nSPS) is 17.1. The van der Waals surface area contributed by atoms with Crippen LogP contribution in [-0.2, 0) is 6.42 Å². The van der Waals surface area contributed by atoms with Crippen LogP contribution < -0.4 is 5.32 Å². The summed E-state index contributed by atoms with van der Waals surface area (Å²) < 4.78 is 0. The van der Waals surface area contributed by atoms with Gasteiger partial charge in [0.2, 0.25) is 0 Å². The molecule has 0 radical (unpaired) electrons. The van der Waals surface area contributed by atoms with Crippen LogP contribution in [0.1, 0.15) is 55.5 Å². The topological polar surface area (TPSA) is 49.3 Å². The second-order valence-corrected chi connectivity index (χ2v) is 6.62. The molecule has 0 spiro atoms. The van der Waals surface area contributed by atoms with E-state index >= 15 is 0 Å². The molecule has 0 aromatic heterocycles. The number of hydrogen-bond acceptors (Lipinski definition) is 2. The zero-order valence-electron chi connectivity index (χ0n) is 13.1. The first-order chi connectivity index (χ1) is 10.1. The number of nitrogens with one attached hydrogen (secondary N) is 1. The Balaban J connectivity index is 1.82. The van der Waals surface area contributed by atoms with Crippen molar-refractivity contribution >= 4 is 5.91 Å². The molecule has 116 valence electrons. The van der Waals surface area contributed by atoms with Gasteiger partial charge in [0, 0.05) is 12.1 Å². The number of carbonyl (C=O) groups is 1. The van der Waals surface area contributed by atoms with Crippen molar-refractivity contribution < 1.29 is 9.90 Å². The minimum atomic E-state index is -0.406. The van der Waals surface area contributed by atoms with Gasteiger partial charge in [0.1, 0.15) is 0 Å². The highest BCUT2D eigenvalue weighted by Crippen LogP contribution is 2.27. The Labute approximate surface area is 127 Å². The largest absolute Gasteiger partial charge is 0.391 e. The maximum Gasteiger partial charge on any atom is 0.251 e. The van der Waals surface area contributed by atoms with E-state index in [2.05, 4.69) is 19.2 Å². The third kappa shape index (κ3) is 4.85. The van der Waals surface area contributed by atoms with Gasteiger partial charge in [0.05, 0.1) is 6.10 Å². The van der Waals surface area contributed by atoms with Crippen molar-refractivity contribution in [2.45, 2.75) is 52.1 Å². The number of aliphatic hydroxyl groups is 1. The van der Waals surface area contributed by atoms with E-state index in [1.54, 1.807) is 0 Å². The first-order valence-corrected chi connectivity index (χ1v) is 8.11. The maximum atomic E-state index is 12.1. The molecule has 0 aliphatic heterocycles. The molecular formula is C18H27NO2. The number of aliphatic hydroxyl groups excluding tert-OH is 1. The molecule has 21 heavy (non-hydrogen) atoms. The molecule has 2 N–H and O–H groups in total. The van der Waals surface area contributed by atoms with Crippen LogP contribution in [0.4, 0.5) is 0 Å². The van der Waals surface area contributed by atoms with Gasteiger partial charge in [-0.05, 0) is 48.8 Å². The monoisotopic (exact) mass is 289 g/mol. The van der Waals surface area contributed by atoms with Gasteiger partial charge in [-0.3, -0.25) is 4.79 Å². The summed E-state index contributed by atoms with van der Waals surface area (Å²) in [5.74, 6) is 0.882. The van der Waals surface area contributed by atoms with Crippen molar-refractivity contribution in [1.29, 1.82) is 0 Å². The van der Waals surface area contributed by atoms with Crippen molar-refractivity contribution in [2.24, 2.45) is 11.8 Å². The van der Waals surface area contributed by atoms with Crippen LogP contribution in [0.25, 0.3) is 0 Å². The summed E-state index contributed by atoms with van der Waals surface area (Å²) >= 11 is 0. The molecule has 1 unspecified atom stereocenters. The second-order valence-electron chi connectivity index (χ2n) is 6.62. The molecule has 2 rings (SSSR count). The van der Waals surface area contributed by atoms with Crippen molar-refractivity contribution in [3.63, 3.8) is 0 Å². The smallest absolute Gasteiger partial charge is 0.251 e. The lowest BCUT2D eigenvalue weighted by molar-refractivity contribution is 0.0840. The van der Waals surface area contributed by atoms with Gasteiger partial charge in [-0.1, -0.05) is 38.8 Å². The number of carbonyl (C=O) groups excluding carboxylic acids is 1. The molecule has 1 amide bonds. The van der Waals surface area contributed by atoms with E-state index in [4.69, 9.17) is 0 Å². The van der Waals surface area contributed by atoms with Crippen molar-refractivity contribution in [3.8, 4) is 0 Å². The number of hydrogen-bond donors (Lipinski definition) is 2. The molecule has 0 saturated heterocycles. The van der Waals surface area contributed by atoms with E-state index < -0.39 is 6.10 Å². The Morgan fingerprint density at radius 2 is 1.86 bits per heavy atom. The van der Waals surface area contributed by atoms with Gasteiger partial charge in [-0.15, -0.1) is 0 Å². The second kappa shape index (κ2) is 7.60. The minimum absolute atomic E-state index is 0.0943. The van der Waals surface area contributed by atoms with Gasteiger partial charge < -0.3 is 10.4 Å². The van der Waals surface area contributed by atoms with Gasteiger partial charge in [0.25, 0.3) is 5.91 Å². The first kappa shape index (κ1) is 16.0. The lowest BCUT2D eigenvalue weighted by Crippen LogP contribution is -2.35. The highest BCUT2D eigenvalue weighted by molar-refractivity contribution is 5.94. The summed E-state index contributed by atoms with van der Waals surface area (Å²) in [5, 5.41) is 12.9. The van der Waals surface area contributed by atoms with Gasteiger partial charge >= 0.3 is 0 Å². The van der Waals surface area contributed by atoms with E-state index in [0.717, 1.165) is 19.3 Å². The van der Waals surface area contributed by atoms with Crippen molar-refractivity contribution in [1.82, 2.24) is 5.32 Å². The Morgan fingerprint density at radius 3 is 2.43 bits per heavy atom. The average Bonchev–Trinajstić information content (AvgIpc) is 2.99. The third-order valence-electron chi connectivity index (χ3n) is 4.28. The van der Waals surface area contributed by atoms with Crippen LogP contribution in [0.3, 0.4) is 0 Å². The maximum absolute atomic E-state index is 12.1. The van der Waals surface area contributed by atoms with Crippen LogP contribution in [0, 0.1) is 11.8 Å². The number of benzene rings is 1. The van der Waals surface area contributed by atoms with Crippen LogP contribution in [0.15, 0.2) is 24.3 Å². The Morgan fingerprint density at radius 1 is 1.24 bits per heavy atom. The van der Waals surface area contributed by atoms with Gasteiger partial charge in [-0.2, -0.15) is 0 Å². The predicted molar refractivity (Wildman–Crippen MR) is 85.3 cm³/mol. The van der Waals surface area contributed by atoms with E-state index in [0.29, 0.717) is 23.9 Å². The molecule has 0 bridgehead atoms. The number of amides is 1. The molecule has 1 aliphatic carbocycles. The summed E-state index contributed by atoms with van der Waals surface area (Å²) in [6.07, 6.45) is 5.20. The molecule has 1 aliphatic rings. The Bertz CT molecular complexity index is 447. The molecule has 1 aromatic carbocycles. The fraction of sp³-hybridized carbons (Fsp3) is 0.611. The SMILES string of the molecule is CC(C)Cc1ccc(C(=O)NCC(O)C2CCCC2)cc1. The zero-order chi connectivity index (χ0) is 15.2. The quantitative estimate of drug-likeness (QED) is 0.845. The summed E-state index contributed by atoms with van der Waals surface area (Å²) in [4.78, 5) is 12.1. The fourth-order valence-electron chi connectivity index (χ4n) is 3.07. The van der Waals surface area contributed by atoms with Crippen LogP contribution in [0.2, 0.25) is 0 Å². The standard InChI is InChI=1S/C18H27NO2/c1-13(2)11-14-7-9-16(10-8-14)18(21)19-12-17(20)15-5-3-4-6-15/h7-10,13,15,17,20H,3-6,11-12H2,1-2H3,(H,19,21). The van der Waals surface area contributed by atoms with Gasteiger partial charge in [0.15, 0.2) is 0 Å². The molecule has 3 nitrogen and oxygen atoms in total. The fourth-order valence-corrected chi connectivity index (χ4v) is 3.07. The molecule has 0 heterocycles. The van der Waals surface area contributed by atoms with Gasteiger partial charge in [-0.25, -0.2) is 0 Å². The molecule has 1 aromatic rings. The Kier molecular flexibility index (Phi) is 5.80. The first-order valence-electron chi connectivity index (χ1n) is 8.11. The van der Waals surface area contributed by atoms with E-state index in [9.17, 15) is 9.90 Å². The van der Waals surface area contributed by atoms with E-state index in [-0.39, 0.29) is 5.91 Å². The Hall–Kier alpha value is -1.35. The lowest BCUT2D eigenvalue weighted by Gasteiger charge is -2.18. The van der Waals surface area contributed by atoms with Crippen LogP contribution in [0.5, 0.6) is 0 Å². The summed E-state index contributed by atoms with van der Waals surface area (Å²) in [7, 11) is 0. The molecule has 1 fully saturated rings. The summed E-state index contributed by atoms with van der Waals surface area (Å²) in [6.45, 7) is 4.73. The highest BCUT2D eigenvalue weighted by atomic mass is 16.3. The highest BCUT2D eigenvalue weighted by Gasteiger charge is 2.23. The predicted octanol–water partition coefficient (Wildman–Crippen LogP) is 3.17. The summed E-state index contributed by atoms with van der Waals surface area (Å²) in [6, 6.07) is 7.77. The molecule has 1 saturated carbocycles. The average molecular weight is 289 g/mol.